The average molecular weight is 454 g/mol. The van der Waals surface area contributed by atoms with Gasteiger partial charge in [0.05, 0.1) is 7.11 Å². The highest BCUT2D eigenvalue weighted by Gasteiger charge is 2.18. The molecule has 0 aliphatic rings. The smallest absolute Gasteiger partial charge is 0.387 e. The molecule has 0 radical (unpaired) electrons. The Kier molecular flexibility index (Phi) is 6.03. The molecule has 0 bridgehead atoms. The van der Waals surface area contributed by atoms with E-state index >= 15 is 0 Å². The van der Waals surface area contributed by atoms with Crippen molar-refractivity contribution in [3.8, 4) is 22.8 Å². The fourth-order valence-electron chi connectivity index (χ4n) is 3.37. The number of anilines is 1. The first-order chi connectivity index (χ1) is 15.8. The fourth-order valence-corrected chi connectivity index (χ4v) is 3.37. The highest BCUT2D eigenvalue weighted by atomic mass is 19.3. The van der Waals surface area contributed by atoms with Crippen LogP contribution in [0.2, 0.25) is 0 Å². The van der Waals surface area contributed by atoms with Gasteiger partial charge in [0.25, 0.3) is 5.91 Å². The molecule has 0 aliphatic heterocycles. The molecule has 11 heteroatoms. The number of carbonyl (C=O) groups is 1. The summed E-state index contributed by atoms with van der Waals surface area (Å²) in [7, 11) is 1.43. The first-order valence-electron chi connectivity index (χ1n) is 9.84. The van der Waals surface area contributed by atoms with Crippen LogP contribution in [0.1, 0.15) is 21.6 Å². The lowest BCUT2D eigenvalue weighted by Gasteiger charge is -2.13. The van der Waals surface area contributed by atoms with Crippen LogP contribution in [0.25, 0.3) is 16.8 Å². The molecule has 0 atom stereocenters. The van der Waals surface area contributed by atoms with Crippen LogP contribution in [0.15, 0.2) is 48.7 Å². The quantitative estimate of drug-likeness (QED) is 0.440. The van der Waals surface area contributed by atoms with E-state index in [9.17, 15) is 13.6 Å². The number of aromatic nitrogens is 4. The normalized spacial score (nSPS) is 11.1. The fraction of sp³-hybridized carbons (Fsp3) is 0.182. The van der Waals surface area contributed by atoms with Crippen LogP contribution >= 0.6 is 0 Å². The molecular weight excluding hydrogens is 434 g/mol. The Labute approximate surface area is 187 Å². The molecule has 9 nitrogen and oxygen atoms in total. The van der Waals surface area contributed by atoms with Gasteiger partial charge < -0.3 is 20.5 Å². The number of hydrogen-bond donors (Lipinski definition) is 2. The molecule has 0 saturated carbocycles. The van der Waals surface area contributed by atoms with Crippen molar-refractivity contribution in [2.24, 2.45) is 0 Å². The molecule has 3 N–H and O–H groups in total. The summed E-state index contributed by atoms with van der Waals surface area (Å²) in [5.74, 6) is -0.108. The standard InChI is InChI=1S/C22H20F2N6O3/c1-12-16(14-6-7-30-18(9-14)28-22(25)29-30)10-17(20(27-12)32-2)19(31)26-11-13-4-3-5-15(8-13)33-21(23)24/h3-10,21H,11H2,1-2H3,(H2,25,29)(H,26,31). The van der Waals surface area contributed by atoms with E-state index in [0.29, 0.717) is 22.5 Å². The van der Waals surface area contributed by atoms with E-state index in [2.05, 4.69) is 25.1 Å². The van der Waals surface area contributed by atoms with Gasteiger partial charge >= 0.3 is 6.61 Å². The molecule has 4 aromatic rings. The van der Waals surface area contributed by atoms with Gasteiger partial charge in [-0.15, -0.1) is 5.10 Å². The summed E-state index contributed by atoms with van der Waals surface area (Å²) in [4.78, 5) is 21.5. The van der Waals surface area contributed by atoms with Crippen molar-refractivity contribution in [1.29, 1.82) is 0 Å². The number of amides is 1. The summed E-state index contributed by atoms with van der Waals surface area (Å²) in [5.41, 5.74) is 9.15. The molecular formula is C22H20F2N6O3. The zero-order valence-corrected chi connectivity index (χ0v) is 17.8. The number of pyridine rings is 2. The molecule has 1 aromatic carbocycles. The summed E-state index contributed by atoms with van der Waals surface area (Å²) < 4.78 is 36.1. The van der Waals surface area contributed by atoms with Crippen molar-refractivity contribution in [3.05, 3.63) is 65.5 Å². The van der Waals surface area contributed by atoms with E-state index in [4.69, 9.17) is 10.5 Å². The number of aryl methyl sites for hydroxylation is 1. The van der Waals surface area contributed by atoms with Crippen molar-refractivity contribution in [2.75, 3.05) is 12.8 Å². The second-order valence-corrected chi connectivity index (χ2v) is 7.07. The van der Waals surface area contributed by atoms with Crippen LogP contribution in [0, 0.1) is 6.92 Å². The number of ether oxygens (including phenoxy) is 2. The van der Waals surface area contributed by atoms with Gasteiger partial charge in [0.15, 0.2) is 5.65 Å². The number of nitrogens with zero attached hydrogens (tertiary/aromatic N) is 4. The first-order valence-corrected chi connectivity index (χ1v) is 9.84. The highest BCUT2D eigenvalue weighted by Crippen LogP contribution is 2.28. The van der Waals surface area contributed by atoms with Gasteiger partial charge in [-0.05, 0) is 48.4 Å². The lowest BCUT2D eigenvalue weighted by molar-refractivity contribution is -0.0498. The highest BCUT2D eigenvalue weighted by molar-refractivity contribution is 5.97. The van der Waals surface area contributed by atoms with E-state index in [0.717, 1.165) is 5.56 Å². The Morgan fingerprint density at radius 1 is 1.21 bits per heavy atom. The number of rotatable bonds is 7. The van der Waals surface area contributed by atoms with E-state index in [1.807, 2.05) is 6.07 Å². The lowest BCUT2D eigenvalue weighted by Crippen LogP contribution is -2.24. The van der Waals surface area contributed by atoms with Gasteiger partial charge in [0.2, 0.25) is 11.8 Å². The van der Waals surface area contributed by atoms with Crippen molar-refractivity contribution in [2.45, 2.75) is 20.1 Å². The molecule has 3 heterocycles. The first kappa shape index (κ1) is 21.9. The second-order valence-electron chi connectivity index (χ2n) is 7.07. The third-order valence-electron chi connectivity index (χ3n) is 4.86. The van der Waals surface area contributed by atoms with Gasteiger partial charge in [-0.25, -0.2) is 9.50 Å². The molecule has 4 rings (SSSR count). The predicted molar refractivity (Wildman–Crippen MR) is 116 cm³/mol. The molecule has 1 amide bonds. The molecule has 0 aliphatic carbocycles. The van der Waals surface area contributed by atoms with Crippen molar-refractivity contribution >= 4 is 17.5 Å². The maximum absolute atomic E-state index is 12.9. The van der Waals surface area contributed by atoms with E-state index < -0.39 is 12.5 Å². The zero-order valence-electron chi connectivity index (χ0n) is 17.8. The summed E-state index contributed by atoms with van der Waals surface area (Å²) >= 11 is 0. The van der Waals surface area contributed by atoms with Crippen LogP contribution in [0.3, 0.4) is 0 Å². The summed E-state index contributed by atoms with van der Waals surface area (Å²) in [6, 6.07) is 11.4. The van der Waals surface area contributed by atoms with Crippen LogP contribution in [0.5, 0.6) is 11.6 Å². The van der Waals surface area contributed by atoms with Gasteiger partial charge in [-0.3, -0.25) is 4.79 Å². The minimum absolute atomic E-state index is 0.0122. The van der Waals surface area contributed by atoms with Crippen LogP contribution < -0.4 is 20.5 Å². The Morgan fingerprint density at radius 2 is 2.03 bits per heavy atom. The number of nitrogens with two attached hydrogens (primary N) is 1. The third kappa shape index (κ3) is 4.81. The van der Waals surface area contributed by atoms with Crippen molar-refractivity contribution in [3.63, 3.8) is 0 Å². The number of alkyl halides is 2. The second kappa shape index (κ2) is 9.07. The van der Waals surface area contributed by atoms with Gasteiger partial charge in [-0.2, -0.15) is 13.8 Å². The SMILES string of the molecule is COc1nc(C)c(-c2ccn3nc(N)nc3c2)cc1C(=O)NCc1cccc(OC(F)F)c1. The summed E-state index contributed by atoms with van der Waals surface area (Å²) in [6.07, 6.45) is 1.71. The lowest BCUT2D eigenvalue weighted by atomic mass is 10.0. The zero-order chi connectivity index (χ0) is 23.5. The number of nitrogens with one attached hydrogen (secondary N) is 1. The van der Waals surface area contributed by atoms with Gasteiger partial charge in [0, 0.05) is 24.0 Å². The summed E-state index contributed by atoms with van der Waals surface area (Å²) in [5, 5.41) is 6.81. The van der Waals surface area contributed by atoms with E-state index in [1.54, 1.807) is 41.9 Å². The molecule has 3 aromatic heterocycles. The largest absolute Gasteiger partial charge is 0.480 e. The van der Waals surface area contributed by atoms with Crippen LogP contribution in [-0.4, -0.2) is 39.2 Å². The maximum atomic E-state index is 12.9. The van der Waals surface area contributed by atoms with E-state index in [1.165, 1.54) is 19.2 Å². The topological polar surface area (TPSA) is 117 Å². The molecule has 0 fully saturated rings. The molecule has 170 valence electrons. The summed E-state index contributed by atoms with van der Waals surface area (Å²) in [6.45, 7) is -1.03. The monoisotopic (exact) mass is 454 g/mol. The van der Waals surface area contributed by atoms with Crippen molar-refractivity contribution in [1.82, 2.24) is 24.9 Å². The molecule has 0 saturated heterocycles. The van der Waals surface area contributed by atoms with Crippen LogP contribution in [-0.2, 0) is 6.54 Å². The molecule has 33 heavy (non-hydrogen) atoms. The number of methoxy groups -OCH3 is 1. The minimum Gasteiger partial charge on any atom is -0.480 e. The van der Waals surface area contributed by atoms with Crippen molar-refractivity contribution < 1.29 is 23.0 Å². The number of halogens is 2. The average Bonchev–Trinajstić information content (AvgIpc) is 3.16. The number of hydrogen-bond acceptors (Lipinski definition) is 7. The third-order valence-corrected chi connectivity index (χ3v) is 4.86. The Morgan fingerprint density at radius 3 is 2.79 bits per heavy atom. The molecule has 0 spiro atoms. The predicted octanol–water partition coefficient (Wildman–Crippen LogP) is 3.22. The van der Waals surface area contributed by atoms with Gasteiger partial charge in [0.1, 0.15) is 11.3 Å². The Bertz CT molecular complexity index is 1320. The number of benzene rings is 1. The number of carbonyl (C=O) groups excluding carboxylic acids is 1. The number of nitrogen functional groups attached to an aromatic ring is 1. The molecule has 0 unspecified atom stereocenters. The number of fused-ring (bicyclic) bond motifs is 1. The minimum atomic E-state index is -2.93. The Hall–Kier alpha value is -4.28. The van der Waals surface area contributed by atoms with Gasteiger partial charge in [-0.1, -0.05) is 12.1 Å². The maximum Gasteiger partial charge on any atom is 0.387 e. The Balaban J connectivity index is 1.60. The van der Waals surface area contributed by atoms with Crippen LogP contribution in [0.4, 0.5) is 14.7 Å². The van der Waals surface area contributed by atoms with E-state index in [-0.39, 0.29) is 29.7 Å².